The van der Waals surface area contributed by atoms with Crippen molar-refractivity contribution < 1.29 is 17.9 Å². The molecule has 2 aliphatic rings. The van der Waals surface area contributed by atoms with E-state index in [1.165, 1.54) is 0 Å². The SMILES string of the molecule is CCC1C(NC)c2cc3c(cc2S1(=O)=O)OCCO3. The highest BCUT2D eigenvalue weighted by molar-refractivity contribution is 7.92. The lowest BCUT2D eigenvalue weighted by Crippen LogP contribution is -2.28. The molecule has 0 saturated carbocycles. The molecule has 2 heterocycles. The summed E-state index contributed by atoms with van der Waals surface area (Å²) in [5.74, 6) is 1.16. The number of benzene rings is 1. The standard InChI is InChI=1S/C13H17NO4S/c1-3-11-13(14-2)8-6-9-10(18-5-4-17-9)7-12(8)19(11,15)16/h6-7,11,13-14H,3-5H2,1-2H3. The van der Waals surface area contributed by atoms with Crippen LogP contribution in [0.15, 0.2) is 17.0 Å². The summed E-state index contributed by atoms with van der Waals surface area (Å²) in [5, 5.41) is 2.69. The number of hydrogen-bond acceptors (Lipinski definition) is 5. The molecule has 6 heteroatoms. The van der Waals surface area contributed by atoms with E-state index < -0.39 is 15.1 Å². The van der Waals surface area contributed by atoms with Gasteiger partial charge < -0.3 is 14.8 Å². The van der Waals surface area contributed by atoms with Crippen LogP contribution >= 0.6 is 0 Å². The molecule has 5 nitrogen and oxygen atoms in total. The van der Waals surface area contributed by atoms with Crippen molar-refractivity contribution in [3.05, 3.63) is 17.7 Å². The Labute approximate surface area is 112 Å². The Balaban J connectivity index is 2.20. The van der Waals surface area contributed by atoms with Gasteiger partial charge in [0.15, 0.2) is 21.3 Å². The summed E-state index contributed by atoms with van der Waals surface area (Å²) in [4.78, 5) is 0.378. The Hall–Kier alpha value is -1.27. The minimum absolute atomic E-state index is 0.180. The van der Waals surface area contributed by atoms with Gasteiger partial charge in [-0.25, -0.2) is 8.42 Å². The molecule has 3 rings (SSSR count). The fourth-order valence-corrected chi connectivity index (χ4v) is 5.11. The van der Waals surface area contributed by atoms with Crippen molar-refractivity contribution >= 4 is 9.84 Å². The molecule has 0 saturated heterocycles. The minimum atomic E-state index is -3.29. The van der Waals surface area contributed by atoms with E-state index in [4.69, 9.17) is 9.47 Å². The van der Waals surface area contributed by atoms with Crippen LogP contribution in [0.3, 0.4) is 0 Å². The maximum Gasteiger partial charge on any atom is 0.183 e. The molecule has 2 atom stereocenters. The molecule has 0 aromatic heterocycles. The maximum atomic E-state index is 12.5. The van der Waals surface area contributed by atoms with E-state index in [9.17, 15) is 8.42 Å². The zero-order chi connectivity index (χ0) is 13.6. The van der Waals surface area contributed by atoms with Gasteiger partial charge in [-0.2, -0.15) is 0 Å². The van der Waals surface area contributed by atoms with Gasteiger partial charge >= 0.3 is 0 Å². The number of nitrogens with one attached hydrogen (secondary N) is 1. The van der Waals surface area contributed by atoms with Crippen LogP contribution in [0.4, 0.5) is 0 Å². The molecule has 1 aromatic carbocycles. The van der Waals surface area contributed by atoms with E-state index in [2.05, 4.69) is 5.32 Å². The predicted molar refractivity (Wildman–Crippen MR) is 70.5 cm³/mol. The van der Waals surface area contributed by atoms with E-state index in [0.29, 0.717) is 36.0 Å². The first-order valence-corrected chi connectivity index (χ1v) is 7.99. The average Bonchev–Trinajstić information content (AvgIpc) is 2.63. The van der Waals surface area contributed by atoms with Crippen LogP contribution in [0.25, 0.3) is 0 Å². The molecule has 0 amide bonds. The molecule has 1 N–H and O–H groups in total. The van der Waals surface area contributed by atoms with Crippen molar-refractivity contribution in [3.8, 4) is 11.5 Å². The Bertz CT molecular complexity index is 611. The molecule has 2 aliphatic heterocycles. The average molecular weight is 283 g/mol. The first-order chi connectivity index (χ1) is 9.09. The summed E-state index contributed by atoms with van der Waals surface area (Å²) in [6, 6.07) is 3.23. The van der Waals surface area contributed by atoms with Crippen molar-refractivity contribution in [1.29, 1.82) is 0 Å². The summed E-state index contributed by atoms with van der Waals surface area (Å²) in [6.07, 6.45) is 0.578. The topological polar surface area (TPSA) is 64.6 Å². The molecule has 0 radical (unpaired) electrons. The van der Waals surface area contributed by atoms with Crippen LogP contribution < -0.4 is 14.8 Å². The number of hydrogen-bond donors (Lipinski definition) is 1. The molecule has 2 unspecified atom stereocenters. The second-order valence-electron chi connectivity index (χ2n) is 4.79. The summed E-state index contributed by atoms with van der Waals surface area (Å²) in [6.45, 7) is 2.85. The molecular formula is C13H17NO4S. The lowest BCUT2D eigenvalue weighted by Gasteiger charge is -2.20. The maximum absolute atomic E-state index is 12.5. The van der Waals surface area contributed by atoms with Gasteiger partial charge in [0.25, 0.3) is 0 Å². The monoisotopic (exact) mass is 283 g/mol. The summed E-state index contributed by atoms with van der Waals surface area (Å²) >= 11 is 0. The van der Waals surface area contributed by atoms with Gasteiger partial charge in [0.2, 0.25) is 0 Å². The van der Waals surface area contributed by atoms with E-state index in [0.717, 1.165) is 5.56 Å². The highest BCUT2D eigenvalue weighted by atomic mass is 32.2. The minimum Gasteiger partial charge on any atom is -0.486 e. The summed E-state index contributed by atoms with van der Waals surface area (Å²) in [5.41, 5.74) is 0.790. The second kappa shape index (κ2) is 4.38. The summed E-state index contributed by atoms with van der Waals surface area (Å²) < 4.78 is 36.1. The first-order valence-electron chi connectivity index (χ1n) is 6.44. The number of ether oxygens (including phenoxy) is 2. The van der Waals surface area contributed by atoms with Gasteiger partial charge in [-0.3, -0.25) is 0 Å². The normalized spacial score (nSPS) is 27.1. The zero-order valence-electron chi connectivity index (χ0n) is 11.0. The van der Waals surface area contributed by atoms with E-state index in [1.807, 2.05) is 6.92 Å². The molecule has 19 heavy (non-hydrogen) atoms. The smallest absolute Gasteiger partial charge is 0.183 e. The third-order valence-corrected chi connectivity index (χ3v) is 6.17. The first kappa shape index (κ1) is 12.7. The van der Waals surface area contributed by atoms with E-state index in [-0.39, 0.29) is 6.04 Å². The van der Waals surface area contributed by atoms with Crippen LogP contribution in [-0.4, -0.2) is 33.9 Å². The highest BCUT2D eigenvalue weighted by Gasteiger charge is 2.44. The zero-order valence-corrected chi connectivity index (χ0v) is 11.8. The molecular weight excluding hydrogens is 266 g/mol. The molecule has 104 valence electrons. The third-order valence-electron chi connectivity index (χ3n) is 3.80. The van der Waals surface area contributed by atoms with Crippen LogP contribution in [0.1, 0.15) is 24.9 Å². The number of sulfone groups is 1. The van der Waals surface area contributed by atoms with Crippen molar-refractivity contribution in [2.75, 3.05) is 20.3 Å². The van der Waals surface area contributed by atoms with E-state index in [1.54, 1.807) is 19.2 Å². The molecule has 0 spiro atoms. The van der Waals surface area contributed by atoms with Gasteiger partial charge in [-0.05, 0) is 25.1 Å². The lowest BCUT2D eigenvalue weighted by atomic mass is 10.0. The van der Waals surface area contributed by atoms with Crippen molar-refractivity contribution in [1.82, 2.24) is 5.32 Å². The van der Waals surface area contributed by atoms with Gasteiger partial charge in [-0.15, -0.1) is 0 Å². The second-order valence-corrected chi connectivity index (χ2v) is 6.93. The number of fused-ring (bicyclic) bond motifs is 2. The van der Waals surface area contributed by atoms with Crippen molar-refractivity contribution in [2.45, 2.75) is 29.5 Å². The Morgan fingerprint density at radius 2 is 1.89 bits per heavy atom. The molecule has 1 aromatic rings. The van der Waals surface area contributed by atoms with Crippen LogP contribution in [0.5, 0.6) is 11.5 Å². The fourth-order valence-electron chi connectivity index (χ4n) is 2.91. The van der Waals surface area contributed by atoms with Crippen LogP contribution in [0, 0.1) is 0 Å². The van der Waals surface area contributed by atoms with Gasteiger partial charge in [-0.1, -0.05) is 6.92 Å². The quantitative estimate of drug-likeness (QED) is 0.886. The number of rotatable bonds is 2. The van der Waals surface area contributed by atoms with Crippen LogP contribution in [0.2, 0.25) is 0 Å². The van der Waals surface area contributed by atoms with Gasteiger partial charge in [0, 0.05) is 6.07 Å². The summed E-state index contributed by atoms with van der Waals surface area (Å²) in [7, 11) is -1.50. The Morgan fingerprint density at radius 1 is 1.26 bits per heavy atom. The Morgan fingerprint density at radius 3 is 2.47 bits per heavy atom. The van der Waals surface area contributed by atoms with E-state index >= 15 is 0 Å². The molecule has 0 aliphatic carbocycles. The Kier molecular flexibility index (Phi) is 2.94. The fraction of sp³-hybridized carbons (Fsp3) is 0.538. The van der Waals surface area contributed by atoms with Crippen molar-refractivity contribution in [2.24, 2.45) is 0 Å². The lowest BCUT2D eigenvalue weighted by molar-refractivity contribution is 0.170. The highest BCUT2D eigenvalue weighted by Crippen LogP contribution is 2.45. The van der Waals surface area contributed by atoms with Gasteiger partial charge in [0.1, 0.15) is 13.2 Å². The largest absolute Gasteiger partial charge is 0.486 e. The third kappa shape index (κ3) is 1.74. The van der Waals surface area contributed by atoms with Crippen molar-refractivity contribution in [3.63, 3.8) is 0 Å². The molecule has 0 fully saturated rings. The van der Waals surface area contributed by atoms with Crippen LogP contribution in [-0.2, 0) is 9.84 Å². The predicted octanol–water partition coefficient (Wildman–Crippen LogP) is 1.28. The van der Waals surface area contributed by atoms with Gasteiger partial charge in [0.05, 0.1) is 16.2 Å². The molecule has 0 bridgehead atoms.